The van der Waals surface area contributed by atoms with Gasteiger partial charge in [-0.05, 0) is 12.1 Å². The van der Waals surface area contributed by atoms with Gasteiger partial charge in [-0.25, -0.2) is 0 Å². The van der Waals surface area contributed by atoms with E-state index in [4.69, 9.17) is 4.74 Å². The number of thiol groups is 1. The fourth-order valence-electron chi connectivity index (χ4n) is 1.33. The molecule has 0 bridgehead atoms. The average Bonchev–Trinajstić information content (AvgIpc) is 2.59. The highest BCUT2D eigenvalue weighted by molar-refractivity contribution is 7.80. The van der Waals surface area contributed by atoms with Crippen molar-refractivity contribution in [1.82, 2.24) is 0 Å². The molecule has 0 atom stereocenters. The van der Waals surface area contributed by atoms with E-state index in [-0.39, 0.29) is 0 Å². The number of fused-ring (bicyclic) bond motifs is 1. The van der Waals surface area contributed by atoms with Gasteiger partial charge in [0.2, 0.25) is 0 Å². The minimum atomic E-state index is 0.657. The Morgan fingerprint density at radius 2 is 2.29 bits per heavy atom. The van der Waals surface area contributed by atoms with E-state index in [2.05, 4.69) is 12.6 Å². The Hall–Kier alpha value is -1.00. The summed E-state index contributed by atoms with van der Waals surface area (Å²) in [5.74, 6) is 0.688. The standard InChI is InChI=1S/C10H8O2S2/c1-12-7-2-6(4-11)10-8(3-7)9(13)5-14-10/h2-5,13H,1H3. The van der Waals surface area contributed by atoms with Crippen molar-refractivity contribution in [3.63, 3.8) is 0 Å². The van der Waals surface area contributed by atoms with Crippen molar-refractivity contribution in [1.29, 1.82) is 0 Å². The second-order valence-electron chi connectivity index (χ2n) is 2.83. The van der Waals surface area contributed by atoms with Crippen molar-refractivity contribution >= 4 is 40.3 Å². The molecule has 0 radical (unpaired) electrons. The van der Waals surface area contributed by atoms with Crippen molar-refractivity contribution in [3.8, 4) is 5.75 Å². The summed E-state index contributed by atoms with van der Waals surface area (Å²) >= 11 is 5.83. The third-order valence-electron chi connectivity index (χ3n) is 2.02. The van der Waals surface area contributed by atoms with Gasteiger partial charge in [-0.1, -0.05) is 0 Å². The van der Waals surface area contributed by atoms with Crippen molar-refractivity contribution < 1.29 is 9.53 Å². The number of hydrogen-bond donors (Lipinski definition) is 1. The Morgan fingerprint density at radius 1 is 1.50 bits per heavy atom. The van der Waals surface area contributed by atoms with Gasteiger partial charge >= 0.3 is 0 Å². The van der Waals surface area contributed by atoms with E-state index in [1.807, 2.05) is 11.4 Å². The SMILES string of the molecule is COc1cc(C=O)c2scc(S)c2c1. The monoisotopic (exact) mass is 224 g/mol. The molecule has 0 aliphatic heterocycles. The fourth-order valence-corrected chi connectivity index (χ4v) is 2.63. The summed E-state index contributed by atoms with van der Waals surface area (Å²) in [5.41, 5.74) is 0.657. The van der Waals surface area contributed by atoms with Crippen LogP contribution >= 0.6 is 24.0 Å². The van der Waals surface area contributed by atoms with Crippen LogP contribution in [0.5, 0.6) is 5.75 Å². The van der Waals surface area contributed by atoms with Crippen LogP contribution in [0.4, 0.5) is 0 Å². The van der Waals surface area contributed by atoms with Crippen LogP contribution < -0.4 is 4.74 Å². The number of ether oxygens (including phenoxy) is 1. The second kappa shape index (κ2) is 3.63. The third kappa shape index (κ3) is 1.40. The number of carbonyl (C=O) groups is 1. The second-order valence-corrected chi connectivity index (χ2v) is 4.19. The van der Waals surface area contributed by atoms with Crippen LogP contribution in [0.15, 0.2) is 22.4 Å². The largest absolute Gasteiger partial charge is 0.497 e. The highest BCUT2D eigenvalue weighted by atomic mass is 32.1. The molecule has 0 aliphatic carbocycles. The van der Waals surface area contributed by atoms with Gasteiger partial charge < -0.3 is 4.74 Å². The van der Waals surface area contributed by atoms with Gasteiger partial charge in [0.25, 0.3) is 0 Å². The predicted molar refractivity (Wildman–Crippen MR) is 61.0 cm³/mol. The molecule has 0 unspecified atom stereocenters. The molecule has 0 amide bonds. The maximum absolute atomic E-state index is 10.8. The van der Waals surface area contributed by atoms with Gasteiger partial charge in [-0.2, -0.15) is 0 Å². The number of rotatable bonds is 2. The molecular formula is C10H8O2S2. The molecule has 4 heteroatoms. The van der Waals surface area contributed by atoms with E-state index in [0.717, 1.165) is 21.3 Å². The lowest BCUT2D eigenvalue weighted by atomic mass is 10.2. The number of carbonyl (C=O) groups excluding carboxylic acids is 1. The quantitative estimate of drug-likeness (QED) is 0.627. The summed E-state index contributed by atoms with van der Waals surface area (Å²) in [5, 5.41) is 2.89. The Balaban J connectivity index is 2.82. The third-order valence-corrected chi connectivity index (χ3v) is 3.61. The van der Waals surface area contributed by atoms with E-state index in [1.54, 1.807) is 13.2 Å². The van der Waals surface area contributed by atoms with Gasteiger partial charge in [0.15, 0.2) is 6.29 Å². The number of thiophene rings is 1. The van der Waals surface area contributed by atoms with Gasteiger partial charge in [0.05, 0.1) is 7.11 Å². The highest BCUT2D eigenvalue weighted by Crippen LogP contribution is 2.33. The Bertz CT molecular complexity index is 488. The van der Waals surface area contributed by atoms with Crippen LogP contribution in [-0.2, 0) is 0 Å². The summed E-state index contributed by atoms with van der Waals surface area (Å²) in [6.07, 6.45) is 0.842. The van der Waals surface area contributed by atoms with Crippen molar-refractivity contribution in [3.05, 3.63) is 23.1 Å². The van der Waals surface area contributed by atoms with Crippen LogP contribution in [0.25, 0.3) is 10.1 Å². The first-order valence-electron chi connectivity index (χ1n) is 3.99. The zero-order chi connectivity index (χ0) is 10.1. The molecule has 0 aliphatic rings. The lowest BCUT2D eigenvalue weighted by molar-refractivity contribution is 0.112. The first-order valence-corrected chi connectivity index (χ1v) is 5.32. The minimum absolute atomic E-state index is 0.657. The highest BCUT2D eigenvalue weighted by Gasteiger charge is 2.08. The van der Waals surface area contributed by atoms with E-state index < -0.39 is 0 Å². The molecule has 0 fully saturated rings. The van der Waals surface area contributed by atoms with Crippen LogP contribution in [-0.4, -0.2) is 13.4 Å². The summed E-state index contributed by atoms with van der Waals surface area (Å²) < 4.78 is 6.06. The van der Waals surface area contributed by atoms with Crippen LogP contribution in [0.2, 0.25) is 0 Å². The molecular weight excluding hydrogens is 216 g/mol. The summed E-state index contributed by atoms with van der Waals surface area (Å²) in [4.78, 5) is 11.7. The Kier molecular flexibility index (Phi) is 2.48. The lowest BCUT2D eigenvalue weighted by Crippen LogP contribution is -1.86. The van der Waals surface area contributed by atoms with Crippen LogP contribution in [0.3, 0.4) is 0 Å². The van der Waals surface area contributed by atoms with Crippen molar-refractivity contribution in [2.24, 2.45) is 0 Å². The van der Waals surface area contributed by atoms with Gasteiger partial charge in [-0.3, -0.25) is 4.79 Å². The number of benzene rings is 1. The van der Waals surface area contributed by atoms with Crippen molar-refractivity contribution in [2.45, 2.75) is 4.90 Å². The zero-order valence-electron chi connectivity index (χ0n) is 7.48. The molecule has 0 spiro atoms. The average molecular weight is 224 g/mol. The van der Waals surface area contributed by atoms with Gasteiger partial charge in [0, 0.05) is 25.9 Å². The van der Waals surface area contributed by atoms with Gasteiger partial charge in [0.1, 0.15) is 5.75 Å². The lowest BCUT2D eigenvalue weighted by Gasteiger charge is -2.01. The van der Waals surface area contributed by atoms with E-state index in [0.29, 0.717) is 11.3 Å². The number of methoxy groups -OCH3 is 1. The molecule has 0 saturated carbocycles. The fraction of sp³-hybridized carbons (Fsp3) is 0.100. The number of hydrogen-bond acceptors (Lipinski definition) is 4. The van der Waals surface area contributed by atoms with Crippen molar-refractivity contribution in [2.75, 3.05) is 7.11 Å². The molecule has 1 aromatic carbocycles. The van der Waals surface area contributed by atoms with E-state index in [1.165, 1.54) is 11.3 Å². The molecule has 1 heterocycles. The van der Waals surface area contributed by atoms with E-state index in [9.17, 15) is 4.79 Å². The molecule has 0 saturated heterocycles. The van der Waals surface area contributed by atoms with Gasteiger partial charge in [-0.15, -0.1) is 24.0 Å². The Labute approximate surface area is 90.9 Å². The molecule has 1 aromatic heterocycles. The van der Waals surface area contributed by atoms with E-state index >= 15 is 0 Å². The molecule has 2 aromatic rings. The maximum atomic E-state index is 10.8. The first kappa shape index (κ1) is 9.55. The minimum Gasteiger partial charge on any atom is -0.497 e. The molecule has 14 heavy (non-hydrogen) atoms. The maximum Gasteiger partial charge on any atom is 0.151 e. The molecule has 2 nitrogen and oxygen atoms in total. The summed E-state index contributed by atoms with van der Waals surface area (Å²) in [6.45, 7) is 0. The molecule has 2 rings (SSSR count). The normalized spacial score (nSPS) is 10.4. The smallest absolute Gasteiger partial charge is 0.151 e. The summed E-state index contributed by atoms with van der Waals surface area (Å²) in [6, 6.07) is 3.63. The molecule has 0 N–H and O–H groups in total. The zero-order valence-corrected chi connectivity index (χ0v) is 9.19. The van der Waals surface area contributed by atoms with Crippen LogP contribution in [0, 0.1) is 0 Å². The predicted octanol–water partition coefficient (Wildman–Crippen LogP) is 3.01. The topological polar surface area (TPSA) is 26.3 Å². The summed E-state index contributed by atoms with van der Waals surface area (Å²) in [7, 11) is 1.58. The Morgan fingerprint density at radius 3 is 2.93 bits per heavy atom. The first-order chi connectivity index (χ1) is 6.76. The number of aldehydes is 1. The molecule has 72 valence electrons. The van der Waals surface area contributed by atoms with Crippen LogP contribution in [0.1, 0.15) is 10.4 Å².